The Morgan fingerprint density at radius 1 is 1.20 bits per heavy atom. The first-order valence-electron chi connectivity index (χ1n) is 7.99. The van der Waals surface area contributed by atoms with E-state index < -0.39 is 0 Å². The standard InChI is InChI=1S/C17H21NO4S3/c1-20-12-10-13-11(18-16(12)22-3)9-14(25-13)17(6-5-15(19)21-2)23-7-4-8-24-17/h9-10H,4-8H2,1-3H3. The van der Waals surface area contributed by atoms with E-state index in [2.05, 4.69) is 11.1 Å². The number of rotatable bonds is 6. The van der Waals surface area contributed by atoms with Crippen molar-refractivity contribution in [3.63, 3.8) is 0 Å². The number of ether oxygens (including phenoxy) is 3. The van der Waals surface area contributed by atoms with Crippen LogP contribution in [0.5, 0.6) is 11.6 Å². The number of thioether (sulfide) groups is 2. The Morgan fingerprint density at radius 3 is 2.60 bits per heavy atom. The average molecular weight is 400 g/mol. The van der Waals surface area contributed by atoms with Crippen LogP contribution in [0.2, 0.25) is 0 Å². The maximum atomic E-state index is 11.7. The third-order valence-electron chi connectivity index (χ3n) is 4.07. The smallest absolute Gasteiger partial charge is 0.305 e. The number of fused-ring (bicyclic) bond motifs is 1. The van der Waals surface area contributed by atoms with Gasteiger partial charge in [-0.3, -0.25) is 4.79 Å². The molecule has 1 fully saturated rings. The lowest BCUT2D eigenvalue weighted by Crippen LogP contribution is -2.23. The normalized spacial score (nSPS) is 16.6. The zero-order valence-electron chi connectivity index (χ0n) is 14.5. The van der Waals surface area contributed by atoms with Crippen molar-refractivity contribution >= 4 is 51.0 Å². The second kappa shape index (κ2) is 8.05. The van der Waals surface area contributed by atoms with Crippen molar-refractivity contribution in [2.75, 3.05) is 32.8 Å². The highest BCUT2D eigenvalue weighted by Gasteiger charge is 2.38. The van der Waals surface area contributed by atoms with Crippen molar-refractivity contribution in [1.82, 2.24) is 4.98 Å². The molecule has 8 heteroatoms. The summed E-state index contributed by atoms with van der Waals surface area (Å²) in [5, 5.41) is 0. The van der Waals surface area contributed by atoms with E-state index in [1.807, 2.05) is 29.6 Å². The first-order chi connectivity index (χ1) is 12.1. The molecule has 0 bridgehead atoms. The van der Waals surface area contributed by atoms with E-state index >= 15 is 0 Å². The number of pyridine rings is 1. The molecule has 25 heavy (non-hydrogen) atoms. The Balaban J connectivity index is 1.98. The molecule has 0 radical (unpaired) electrons. The Morgan fingerprint density at radius 2 is 1.96 bits per heavy atom. The summed E-state index contributed by atoms with van der Waals surface area (Å²) >= 11 is 5.57. The van der Waals surface area contributed by atoms with Gasteiger partial charge in [-0.25, -0.2) is 4.98 Å². The van der Waals surface area contributed by atoms with Crippen LogP contribution in [0.25, 0.3) is 10.2 Å². The average Bonchev–Trinajstić information content (AvgIpc) is 3.09. The molecule has 1 aliphatic heterocycles. The summed E-state index contributed by atoms with van der Waals surface area (Å²) in [5.74, 6) is 3.17. The zero-order chi connectivity index (χ0) is 17.9. The van der Waals surface area contributed by atoms with E-state index in [4.69, 9.17) is 14.2 Å². The molecular weight excluding hydrogens is 378 g/mol. The number of esters is 1. The molecule has 1 saturated heterocycles. The van der Waals surface area contributed by atoms with E-state index in [9.17, 15) is 4.79 Å². The molecule has 3 rings (SSSR count). The highest BCUT2D eigenvalue weighted by Crippen LogP contribution is 2.56. The van der Waals surface area contributed by atoms with Gasteiger partial charge < -0.3 is 14.2 Å². The van der Waals surface area contributed by atoms with Crippen LogP contribution in [0.4, 0.5) is 0 Å². The van der Waals surface area contributed by atoms with Crippen molar-refractivity contribution in [2.45, 2.75) is 23.3 Å². The van der Waals surface area contributed by atoms with Crippen LogP contribution in [0.1, 0.15) is 24.1 Å². The molecular formula is C17H21NO4S3. The molecule has 0 amide bonds. The van der Waals surface area contributed by atoms with Crippen LogP contribution in [-0.2, 0) is 13.6 Å². The van der Waals surface area contributed by atoms with E-state index in [1.165, 1.54) is 18.4 Å². The summed E-state index contributed by atoms with van der Waals surface area (Å²) in [7, 11) is 4.65. The first-order valence-corrected chi connectivity index (χ1v) is 10.8. The van der Waals surface area contributed by atoms with Gasteiger partial charge in [-0.15, -0.1) is 34.9 Å². The fourth-order valence-corrected chi connectivity index (χ4v) is 7.56. The minimum Gasteiger partial charge on any atom is -0.491 e. The molecule has 5 nitrogen and oxygen atoms in total. The predicted molar refractivity (Wildman–Crippen MR) is 105 cm³/mol. The Hall–Kier alpha value is -1.12. The number of hydrogen-bond acceptors (Lipinski definition) is 8. The third kappa shape index (κ3) is 3.85. The number of methoxy groups -OCH3 is 3. The monoisotopic (exact) mass is 399 g/mol. The molecule has 136 valence electrons. The zero-order valence-corrected chi connectivity index (χ0v) is 16.9. The maximum absolute atomic E-state index is 11.7. The van der Waals surface area contributed by atoms with Crippen molar-refractivity contribution < 1.29 is 19.0 Å². The molecule has 0 N–H and O–H groups in total. The van der Waals surface area contributed by atoms with Crippen LogP contribution in [-0.4, -0.2) is 43.8 Å². The van der Waals surface area contributed by atoms with Gasteiger partial charge in [0, 0.05) is 17.4 Å². The van der Waals surface area contributed by atoms with Gasteiger partial charge >= 0.3 is 5.97 Å². The molecule has 0 aromatic carbocycles. The van der Waals surface area contributed by atoms with Gasteiger partial charge in [0.05, 0.1) is 35.6 Å². The van der Waals surface area contributed by atoms with Crippen molar-refractivity contribution in [1.29, 1.82) is 0 Å². The lowest BCUT2D eigenvalue weighted by Gasteiger charge is -2.35. The third-order valence-corrected chi connectivity index (χ3v) is 9.03. The topological polar surface area (TPSA) is 57.7 Å². The van der Waals surface area contributed by atoms with Gasteiger partial charge in [-0.1, -0.05) is 0 Å². The lowest BCUT2D eigenvalue weighted by atomic mass is 10.2. The number of carbonyl (C=O) groups is 1. The van der Waals surface area contributed by atoms with Crippen LogP contribution in [0.3, 0.4) is 0 Å². The first kappa shape index (κ1) is 18.7. The summed E-state index contributed by atoms with van der Waals surface area (Å²) in [6, 6.07) is 4.10. The minimum absolute atomic E-state index is 0.113. The molecule has 2 aromatic rings. The second-order valence-electron chi connectivity index (χ2n) is 5.57. The summed E-state index contributed by atoms with van der Waals surface area (Å²) in [6.07, 6.45) is 2.38. The molecule has 0 saturated carbocycles. The van der Waals surface area contributed by atoms with E-state index in [-0.39, 0.29) is 10.0 Å². The number of nitrogens with zero attached hydrogens (tertiary/aromatic N) is 1. The quantitative estimate of drug-likeness (QED) is 0.672. The van der Waals surface area contributed by atoms with Gasteiger partial charge in [0.2, 0.25) is 0 Å². The second-order valence-corrected chi connectivity index (χ2v) is 9.70. The molecule has 3 heterocycles. The van der Waals surface area contributed by atoms with Crippen LogP contribution in [0.15, 0.2) is 12.1 Å². The molecule has 1 aliphatic rings. The van der Waals surface area contributed by atoms with Gasteiger partial charge in [-0.05, 0) is 30.4 Å². The van der Waals surface area contributed by atoms with E-state index in [1.54, 1.807) is 25.6 Å². The molecule has 2 aromatic heterocycles. The van der Waals surface area contributed by atoms with Crippen molar-refractivity contribution in [3.8, 4) is 11.6 Å². The maximum Gasteiger partial charge on any atom is 0.305 e. The fourth-order valence-electron chi connectivity index (χ4n) is 2.76. The SMILES string of the molecule is COC(=O)CCC1(c2cc3nc(OC)c(OC)cc3s2)SCCCS1. The van der Waals surface area contributed by atoms with Crippen LogP contribution in [0, 0.1) is 0 Å². The van der Waals surface area contributed by atoms with E-state index in [0.717, 1.165) is 28.1 Å². The Bertz CT molecular complexity index is 715. The molecule has 0 atom stereocenters. The summed E-state index contributed by atoms with van der Waals surface area (Å²) < 4.78 is 16.5. The highest BCUT2D eigenvalue weighted by atomic mass is 32.2. The van der Waals surface area contributed by atoms with Crippen molar-refractivity contribution in [3.05, 3.63) is 17.0 Å². The molecule has 0 spiro atoms. The fraction of sp³-hybridized carbons (Fsp3) is 0.529. The van der Waals surface area contributed by atoms with Gasteiger partial charge in [-0.2, -0.15) is 0 Å². The van der Waals surface area contributed by atoms with Gasteiger partial charge in [0.15, 0.2) is 5.75 Å². The number of aromatic nitrogens is 1. The summed E-state index contributed by atoms with van der Waals surface area (Å²) in [4.78, 5) is 17.5. The highest BCUT2D eigenvalue weighted by molar-refractivity contribution is 8.18. The summed E-state index contributed by atoms with van der Waals surface area (Å²) in [6.45, 7) is 0. The van der Waals surface area contributed by atoms with E-state index in [0.29, 0.717) is 18.1 Å². The lowest BCUT2D eigenvalue weighted by molar-refractivity contribution is -0.140. The molecule has 0 unspecified atom stereocenters. The number of thiophene rings is 1. The Labute approximate surface area is 159 Å². The predicted octanol–water partition coefficient (Wildman–Crippen LogP) is 4.29. The van der Waals surface area contributed by atoms with Crippen LogP contribution < -0.4 is 9.47 Å². The summed E-state index contributed by atoms with van der Waals surface area (Å²) in [5.41, 5.74) is 0.905. The largest absolute Gasteiger partial charge is 0.491 e. The molecule has 0 aliphatic carbocycles. The minimum atomic E-state index is -0.159. The Kier molecular flexibility index (Phi) is 6.01. The number of carbonyl (C=O) groups excluding carboxylic acids is 1. The van der Waals surface area contributed by atoms with Crippen molar-refractivity contribution in [2.24, 2.45) is 0 Å². The van der Waals surface area contributed by atoms with Gasteiger partial charge in [0.1, 0.15) is 0 Å². The number of hydrogen-bond donors (Lipinski definition) is 0. The van der Waals surface area contributed by atoms with Crippen LogP contribution >= 0.6 is 34.9 Å². The van der Waals surface area contributed by atoms with Gasteiger partial charge in [0.25, 0.3) is 5.88 Å².